The maximum atomic E-state index is 12.9. The van der Waals surface area contributed by atoms with E-state index in [1.807, 2.05) is 55.4 Å². The Hall–Kier alpha value is -3.67. The number of thiophene rings is 1. The van der Waals surface area contributed by atoms with Crippen molar-refractivity contribution in [1.82, 2.24) is 4.72 Å². The maximum absolute atomic E-state index is 12.9. The van der Waals surface area contributed by atoms with Crippen LogP contribution in [-0.4, -0.2) is 45.7 Å². The second-order valence-electron chi connectivity index (χ2n) is 9.17. The van der Waals surface area contributed by atoms with Crippen LogP contribution in [0.2, 0.25) is 0 Å². The molecule has 0 aliphatic rings. The quantitative estimate of drug-likeness (QED) is 0.245. The Morgan fingerprint density at radius 3 is 2.03 bits per heavy atom. The van der Waals surface area contributed by atoms with Crippen LogP contribution < -0.4 is 20.3 Å². The molecule has 0 saturated carbocycles. The van der Waals surface area contributed by atoms with Crippen LogP contribution in [0.1, 0.15) is 13.8 Å². The molecular weight excluding hydrogens is 512 g/mol. The molecule has 11 heteroatoms. The Morgan fingerprint density at radius 2 is 1.43 bits per heavy atom. The van der Waals surface area contributed by atoms with E-state index in [0.717, 1.165) is 25.9 Å². The minimum absolute atomic E-state index is 0.00327. The number of carbonyl (C=O) groups is 2. The molecule has 1 heterocycles. The van der Waals surface area contributed by atoms with Crippen LogP contribution in [0, 0.1) is 5.92 Å². The summed E-state index contributed by atoms with van der Waals surface area (Å²) in [7, 11) is -0.148. The van der Waals surface area contributed by atoms with Gasteiger partial charge in [0.15, 0.2) is 0 Å². The molecule has 2 amide bonds. The number of carboxylic acids is 1. The Balaban J connectivity index is 1.54. The number of hydrogen-bond donors (Lipinski definition) is 4. The number of aliphatic carboxylic acids is 1. The summed E-state index contributed by atoms with van der Waals surface area (Å²) in [5, 5.41) is 16.8. The van der Waals surface area contributed by atoms with Gasteiger partial charge >= 0.3 is 12.0 Å². The van der Waals surface area contributed by atoms with Crippen molar-refractivity contribution in [1.29, 1.82) is 0 Å². The van der Waals surface area contributed by atoms with Crippen LogP contribution >= 0.6 is 11.3 Å². The second-order valence-corrected chi connectivity index (χ2v) is 12.0. The molecule has 3 aromatic carbocycles. The third-order valence-corrected chi connectivity index (χ3v) is 8.42. The van der Waals surface area contributed by atoms with Gasteiger partial charge in [0.05, 0.1) is 4.90 Å². The minimum atomic E-state index is -4.03. The zero-order valence-corrected chi connectivity index (χ0v) is 22.4. The third kappa shape index (κ3) is 5.85. The normalized spacial score (nSPS) is 12.6. The molecule has 0 bridgehead atoms. The summed E-state index contributed by atoms with van der Waals surface area (Å²) in [5.41, 5.74) is 2.28. The molecule has 4 aromatic rings. The summed E-state index contributed by atoms with van der Waals surface area (Å²) >= 11 is 1.39. The lowest BCUT2D eigenvalue weighted by Gasteiger charge is -2.18. The van der Waals surface area contributed by atoms with E-state index in [1.165, 1.54) is 17.4 Å². The van der Waals surface area contributed by atoms with E-state index in [9.17, 15) is 23.1 Å². The first-order valence-corrected chi connectivity index (χ1v) is 13.8. The first-order chi connectivity index (χ1) is 17.4. The smallest absolute Gasteiger partial charge is 0.323 e. The van der Waals surface area contributed by atoms with Gasteiger partial charge in [-0.25, -0.2) is 13.2 Å². The molecule has 0 aliphatic carbocycles. The Bertz CT molecular complexity index is 1580. The highest BCUT2D eigenvalue weighted by molar-refractivity contribution is 7.89. The number of anilines is 3. The summed E-state index contributed by atoms with van der Waals surface area (Å²) in [5.74, 6) is -1.64. The standard InChI is InChI=1S/C26H28N4O5S2/c1-15(2)24(25(31)32)29-37(34,35)19-10-12-21-20-11-7-17(13-22(20)36-23(21)14-19)28-26(33)27-16-5-8-18(9-6-16)30(3)4/h5-15,24,29H,1-4H3,(H,31,32)(H2,27,28,33)/t24-/m0/s1. The van der Waals surface area contributed by atoms with Crippen LogP contribution in [0.5, 0.6) is 0 Å². The number of amides is 2. The third-order valence-electron chi connectivity index (χ3n) is 5.87. The van der Waals surface area contributed by atoms with Crippen LogP contribution in [0.25, 0.3) is 20.2 Å². The number of hydrogen-bond acceptors (Lipinski definition) is 6. The average molecular weight is 541 g/mol. The number of rotatable bonds is 8. The summed E-state index contributed by atoms with van der Waals surface area (Å²) in [6, 6.07) is 16.1. The minimum Gasteiger partial charge on any atom is -0.480 e. The number of nitrogens with zero attached hydrogens (tertiary/aromatic N) is 1. The number of urea groups is 1. The van der Waals surface area contributed by atoms with Crippen molar-refractivity contribution < 1.29 is 23.1 Å². The molecule has 1 atom stereocenters. The van der Waals surface area contributed by atoms with E-state index in [2.05, 4.69) is 15.4 Å². The fourth-order valence-electron chi connectivity index (χ4n) is 3.85. The Labute approximate surface area is 219 Å². The first-order valence-electron chi connectivity index (χ1n) is 11.5. The molecule has 1 aromatic heterocycles. The van der Waals surface area contributed by atoms with Crippen molar-refractivity contribution in [3.05, 3.63) is 60.7 Å². The zero-order valence-electron chi connectivity index (χ0n) is 20.8. The highest BCUT2D eigenvalue weighted by atomic mass is 32.2. The first kappa shape index (κ1) is 26.4. The lowest BCUT2D eigenvalue weighted by atomic mass is 10.1. The van der Waals surface area contributed by atoms with Crippen molar-refractivity contribution in [2.75, 3.05) is 29.6 Å². The SMILES string of the molecule is CC(C)[C@H](NS(=O)(=O)c1ccc2c(c1)sc1cc(NC(=O)Nc3ccc(N(C)C)cc3)ccc12)C(=O)O. The molecule has 0 fully saturated rings. The monoisotopic (exact) mass is 540 g/mol. The molecule has 0 unspecified atom stereocenters. The van der Waals surface area contributed by atoms with Gasteiger partial charge in [0.25, 0.3) is 0 Å². The second kappa shape index (κ2) is 10.4. The summed E-state index contributed by atoms with van der Waals surface area (Å²) in [6.07, 6.45) is 0. The lowest BCUT2D eigenvalue weighted by Crippen LogP contribution is -2.44. The summed E-state index contributed by atoms with van der Waals surface area (Å²) in [4.78, 5) is 25.9. The van der Waals surface area contributed by atoms with Gasteiger partial charge < -0.3 is 20.6 Å². The molecule has 0 spiro atoms. The largest absolute Gasteiger partial charge is 0.480 e. The number of carboxylic acid groups (broad SMARTS) is 1. The molecule has 9 nitrogen and oxygen atoms in total. The predicted octanol–water partition coefficient (Wildman–Crippen LogP) is 5.15. The highest BCUT2D eigenvalue weighted by Gasteiger charge is 2.28. The maximum Gasteiger partial charge on any atom is 0.323 e. The van der Waals surface area contributed by atoms with Gasteiger partial charge in [-0.2, -0.15) is 4.72 Å². The van der Waals surface area contributed by atoms with Crippen LogP contribution in [0.15, 0.2) is 65.6 Å². The molecule has 0 saturated heterocycles. The average Bonchev–Trinajstić information content (AvgIpc) is 3.19. The number of sulfonamides is 1. The summed E-state index contributed by atoms with van der Waals surface area (Å²) in [6.45, 7) is 3.28. The van der Waals surface area contributed by atoms with Gasteiger partial charge in [0, 0.05) is 51.3 Å². The van der Waals surface area contributed by atoms with Crippen LogP contribution in [0.3, 0.4) is 0 Å². The number of nitrogens with one attached hydrogen (secondary N) is 3. The molecule has 194 valence electrons. The van der Waals surface area contributed by atoms with Gasteiger partial charge in [0.2, 0.25) is 10.0 Å². The van der Waals surface area contributed by atoms with Crippen molar-refractivity contribution in [2.45, 2.75) is 24.8 Å². The van der Waals surface area contributed by atoms with Crippen molar-refractivity contribution in [2.24, 2.45) is 5.92 Å². The van der Waals surface area contributed by atoms with Crippen LogP contribution in [0.4, 0.5) is 21.9 Å². The molecule has 4 rings (SSSR count). The van der Waals surface area contributed by atoms with Gasteiger partial charge in [-0.15, -0.1) is 11.3 Å². The van der Waals surface area contributed by atoms with Gasteiger partial charge in [-0.05, 0) is 54.4 Å². The molecule has 4 N–H and O–H groups in total. The van der Waals surface area contributed by atoms with Crippen LogP contribution in [-0.2, 0) is 14.8 Å². The molecular formula is C26H28N4O5S2. The number of fused-ring (bicyclic) bond motifs is 3. The van der Waals surface area contributed by atoms with E-state index in [1.54, 1.807) is 32.0 Å². The fourth-order valence-corrected chi connectivity index (χ4v) is 6.47. The topological polar surface area (TPSA) is 128 Å². The Kier molecular flexibility index (Phi) is 7.39. The fraction of sp³-hybridized carbons (Fsp3) is 0.231. The van der Waals surface area contributed by atoms with E-state index in [0.29, 0.717) is 11.4 Å². The summed E-state index contributed by atoms with van der Waals surface area (Å²) < 4.78 is 29.6. The Morgan fingerprint density at radius 1 is 0.865 bits per heavy atom. The lowest BCUT2D eigenvalue weighted by molar-refractivity contribution is -0.140. The van der Waals surface area contributed by atoms with E-state index in [-0.39, 0.29) is 10.9 Å². The predicted molar refractivity (Wildman–Crippen MR) is 149 cm³/mol. The van der Waals surface area contributed by atoms with Gasteiger partial charge in [0.1, 0.15) is 6.04 Å². The van der Waals surface area contributed by atoms with E-state index < -0.39 is 28.0 Å². The van der Waals surface area contributed by atoms with Gasteiger partial charge in [-0.1, -0.05) is 26.0 Å². The molecule has 0 aliphatic heterocycles. The van der Waals surface area contributed by atoms with Crippen molar-refractivity contribution in [3.8, 4) is 0 Å². The zero-order chi connectivity index (χ0) is 26.9. The number of benzene rings is 3. The van der Waals surface area contributed by atoms with Crippen molar-refractivity contribution >= 4 is 70.6 Å². The number of carbonyl (C=O) groups excluding carboxylic acids is 1. The van der Waals surface area contributed by atoms with Gasteiger partial charge in [-0.3, -0.25) is 4.79 Å². The van der Waals surface area contributed by atoms with E-state index in [4.69, 9.17) is 0 Å². The van der Waals surface area contributed by atoms with E-state index >= 15 is 0 Å². The molecule has 0 radical (unpaired) electrons. The molecule has 37 heavy (non-hydrogen) atoms. The highest BCUT2D eigenvalue weighted by Crippen LogP contribution is 2.36. The van der Waals surface area contributed by atoms with Crippen molar-refractivity contribution in [3.63, 3.8) is 0 Å².